The maximum absolute atomic E-state index is 13.1. The van der Waals surface area contributed by atoms with E-state index in [4.69, 9.17) is 33.7 Å². The number of fused-ring (bicyclic) bond motifs is 1. The van der Waals surface area contributed by atoms with Gasteiger partial charge < -0.3 is 25.1 Å². The molecule has 3 heterocycles. The van der Waals surface area contributed by atoms with E-state index in [9.17, 15) is 4.79 Å². The number of hydrogen-bond donors (Lipinski definition) is 4. The van der Waals surface area contributed by atoms with Gasteiger partial charge in [-0.25, -0.2) is 0 Å². The summed E-state index contributed by atoms with van der Waals surface area (Å²) in [5, 5.41) is 7.88. The van der Waals surface area contributed by atoms with E-state index < -0.39 is 0 Å². The van der Waals surface area contributed by atoms with Crippen molar-refractivity contribution in [2.45, 2.75) is 43.9 Å². The van der Waals surface area contributed by atoms with Crippen LogP contribution in [0.15, 0.2) is 47.3 Å². The maximum atomic E-state index is 13.1. The van der Waals surface area contributed by atoms with Crippen LogP contribution in [0.5, 0.6) is 5.75 Å². The van der Waals surface area contributed by atoms with Gasteiger partial charge in [0.15, 0.2) is 0 Å². The molecule has 0 radical (unpaired) electrons. The Kier molecular flexibility index (Phi) is 7.17. The monoisotopic (exact) mass is 486 g/mol. The summed E-state index contributed by atoms with van der Waals surface area (Å²) < 4.78 is 11.2. The van der Waals surface area contributed by atoms with E-state index >= 15 is 0 Å². The van der Waals surface area contributed by atoms with Gasteiger partial charge in [-0.15, -0.1) is 12.6 Å². The molecule has 7 nitrogen and oxygen atoms in total. The van der Waals surface area contributed by atoms with E-state index in [1.54, 1.807) is 19.5 Å². The predicted molar refractivity (Wildman–Crippen MR) is 133 cm³/mol. The summed E-state index contributed by atoms with van der Waals surface area (Å²) in [6.07, 6.45) is 3.96. The van der Waals surface area contributed by atoms with Gasteiger partial charge in [0, 0.05) is 59.4 Å². The van der Waals surface area contributed by atoms with Gasteiger partial charge in [-0.2, -0.15) is 0 Å². The number of pyridine rings is 1. The Balaban J connectivity index is 1.69. The Morgan fingerprint density at radius 3 is 2.94 bits per heavy atom. The second-order valence-electron chi connectivity index (χ2n) is 8.16. The summed E-state index contributed by atoms with van der Waals surface area (Å²) in [7, 11) is 1.64. The van der Waals surface area contributed by atoms with Crippen molar-refractivity contribution in [2.75, 3.05) is 13.7 Å². The average Bonchev–Trinajstić information content (AvgIpc) is 3.10. The molecule has 0 aliphatic carbocycles. The zero-order valence-electron chi connectivity index (χ0n) is 18.7. The van der Waals surface area contributed by atoms with Crippen LogP contribution in [0.25, 0.3) is 16.5 Å². The summed E-state index contributed by atoms with van der Waals surface area (Å²) in [6.45, 7) is 4.87. The molecule has 2 atom stereocenters. The third-order valence-corrected chi connectivity index (χ3v) is 6.27. The number of hydrogen-bond acceptors (Lipinski definition) is 6. The lowest BCUT2D eigenvalue weighted by atomic mass is 9.98. The number of aromatic nitrogens is 2. The summed E-state index contributed by atoms with van der Waals surface area (Å²) >= 11 is 11.1. The fourth-order valence-corrected chi connectivity index (χ4v) is 4.78. The fourth-order valence-electron chi connectivity index (χ4n) is 4.03. The minimum Gasteiger partial charge on any atom is -0.486 e. The Bertz CT molecular complexity index is 1210. The lowest BCUT2D eigenvalue weighted by molar-refractivity contribution is -0.116. The van der Waals surface area contributed by atoms with Crippen LogP contribution in [-0.4, -0.2) is 41.7 Å². The number of halogens is 1. The SMILES string of the molecule is COCC(C)Oc1cnccc1CNC1=C(c2[nH]c3cccc(Cl)c3c2S)C(=O)NC(C)C1. The third-order valence-electron chi connectivity index (χ3n) is 5.51. The van der Waals surface area contributed by atoms with Crippen LogP contribution in [-0.2, 0) is 16.1 Å². The lowest BCUT2D eigenvalue weighted by Crippen LogP contribution is -2.40. The highest BCUT2D eigenvalue weighted by Crippen LogP contribution is 2.37. The first-order valence-electron chi connectivity index (χ1n) is 10.7. The zero-order valence-corrected chi connectivity index (χ0v) is 20.4. The van der Waals surface area contributed by atoms with E-state index in [1.807, 2.05) is 38.1 Å². The molecule has 0 saturated heterocycles. The van der Waals surface area contributed by atoms with E-state index in [0.29, 0.717) is 46.5 Å². The topological polar surface area (TPSA) is 88.3 Å². The summed E-state index contributed by atoms with van der Waals surface area (Å²) in [5.74, 6) is 0.520. The second kappa shape index (κ2) is 10.1. The molecule has 3 N–H and O–H groups in total. The molecule has 33 heavy (non-hydrogen) atoms. The predicted octanol–water partition coefficient (Wildman–Crippen LogP) is 4.33. The number of methoxy groups -OCH3 is 1. The van der Waals surface area contributed by atoms with Crippen LogP contribution < -0.4 is 15.4 Å². The van der Waals surface area contributed by atoms with Crippen molar-refractivity contribution in [2.24, 2.45) is 0 Å². The van der Waals surface area contributed by atoms with Crippen molar-refractivity contribution in [1.82, 2.24) is 20.6 Å². The number of H-pyrrole nitrogens is 1. The summed E-state index contributed by atoms with van der Waals surface area (Å²) in [5.41, 5.74) is 3.78. The van der Waals surface area contributed by atoms with Gasteiger partial charge in [0.2, 0.25) is 0 Å². The van der Waals surface area contributed by atoms with Gasteiger partial charge in [-0.1, -0.05) is 17.7 Å². The largest absolute Gasteiger partial charge is 0.486 e. The Morgan fingerprint density at radius 1 is 1.36 bits per heavy atom. The smallest absolute Gasteiger partial charge is 0.255 e. The molecule has 0 bridgehead atoms. The normalized spacial score (nSPS) is 17.2. The molecule has 9 heteroatoms. The highest BCUT2D eigenvalue weighted by atomic mass is 35.5. The number of amides is 1. The molecule has 3 aromatic rings. The summed E-state index contributed by atoms with van der Waals surface area (Å²) in [6, 6.07) is 7.50. The number of benzene rings is 1. The first-order chi connectivity index (χ1) is 15.9. The number of thiol groups is 1. The number of carbonyl (C=O) groups excluding carboxylic acids is 1. The number of ether oxygens (including phenoxy) is 2. The number of nitrogens with zero attached hydrogens (tertiary/aromatic N) is 1. The van der Waals surface area contributed by atoms with Gasteiger partial charge in [0.1, 0.15) is 11.9 Å². The standard InChI is InChI=1S/C24H27ClN4O3S/c1-13-9-18(27-10-15-7-8-26-11-19(15)32-14(2)12-31-3)21(24(30)28-13)22-23(33)20-16(25)5-4-6-17(20)29-22/h4-8,11,13-14,27,29,33H,9-10,12H2,1-3H3,(H,28,30). The van der Waals surface area contributed by atoms with E-state index in [2.05, 4.69) is 20.6 Å². The van der Waals surface area contributed by atoms with Crippen molar-refractivity contribution in [3.8, 4) is 5.75 Å². The van der Waals surface area contributed by atoms with Crippen molar-refractivity contribution < 1.29 is 14.3 Å². The van der Waals surface area contributed by atoms with Crippen LogP contribution in [0, 0.1) is 0 Å². The minimum absolute atomic E-state index is 0.00466. The van der Waals surface area contributed by atoms with Gasteiger partial charge in [-0.3, -0.25) is 9.78 Å². The number of nitrogens with one attached hydrogen (secondary N) is 3. The molecule has 1 amide bonds. The molecule has 1 aliphatic rings. The van der Waals surface area contributed by atoms with Crippen LogP contribution >= 0.6 is 24.2 Å². The van der Waals surface area contributed by atoms with E-state index in [-0.39, 0.29) is 18.1 Å². The molecule has 2 aromatic heterocycles. The fraction of sp³-hybridized carbons (Fsp3) is 0.333. The Hall–Kier alpha value is -2.68. The molecule has 2 unspecified atom stereocenters. The molecular weight excluding hydrogens is 460 g/mol. The first-order valence-corrected chi connectivity index (χ1v) is 11.6. The third kappa shape index (κ3) is 4.98. The van der Waals surface area contributed by atoms with Crippen LogP contribution in [0.4, 0.5) is 0 Å². The molecule has 0 spiro atoms. The molecule has 1 aliphatic heterocycles. The Labute approximate surface area is 203 Å². The van der Waals surface area contributed by atoms with Crippen LogP contribution in [0.3, 0.4) is 0 Å². The molecule has 0 fully saturated rings. The van der Waals surface area contributed by atoms with Crippen molar-refractivity contribution >= 4 is 46.6 Å². The molecule has 1 aromatic carbocycles. The number of aromatic amines is 1. The van der Waals surface area contributed by atoms with Crippen LogP contribution in [0.1, 0.15) is 31.5 Å². The highest BCUT2D eigenvalue weighted by Gasteiger charge is 2.29. The highest BCUT2D eigenvalue weighted by molar-refractivity contribution is 7.80. The number of rotatable bonds is 8. The van der Waals surface area contributed by atoms with E-state index in [1.165, 1.54) is 0 Å². The van der Waals surface area contributed by atoms with Crippen LogP contribution in [0.2, 0.25) is 5.02 Å². The molecule has 174 valence electrons. The van der Waals surface area contributed by atoms with Gasteiger partial charge >= 0.3 is 0 Å². The Morgan fingerprint density at radius 2 is 2.18 bits per heavy atom. The average molecular weight is 487 g/mol. The second-order valence-corrected chi connectivity index (χ2v) is 9.02. The van der Waals surface area contributed by atoms with Crippen molar-refractivity contribution in [3.05, 3.63) is 58.6 Å². The van der Waals surface area contributed by atoms with Crippen molar-refractivity contribution in [3.63, 3.8) is 0 Å². The summed E-state index contributed by atoms with van der Waals surface area (Å²) in [4.78, 5) is 21.2. The van der Waals surface area contributed by atoms with Gasteiger partial charge in [0.25, 0.3) is 5.91 Å². The molecule has 0 saturated carbocycles. The number of carbonyl (C=O) groups is 1. The molecular formula is C24H27ClN4O3S. The lowest BCUT2D eigenvalue weighted by Gasteiger charge is -2.27. The quantitative estimate of drug-likeness (QED) is 0.356. The zero-order chi connectivity index (χ0) is 23.5. The van der Waals surface area contributed by atoms with Gasteiger partial charge in [0.05, 0.1) is 29.1 Å². The van der Waals surface area contributed by atoms with E-state index in [0.717, 1.165) is 22.2 Å². The maximum Gasteiger partial charge on any atom is 0.255 e. The first kappa shape index (κ1) is 23.5. The van der Waals surface area contributed by atoms with Crippen molar-refractivity contribution in [1.29, 1.82) is 0 Å². The molecule has 4 rings (SSSR count). The van der Waals surface area contributed by atoms with Gasteiger partial charge in [-0.05, 0) is 32.0 Å². The minimum atomic E-state index is -0.158.